The molecule has 1 heterocycles. The van der Waals surface area contributed by atoms with Crippen molar-refractivity contribution in [2.75, 3.05) is 0 Å². The van der Waals surface area contributed by atoms with Crippen molar-refractivity contribution in [2.45, 2.75) is 6.54 Å². The second kappa shape index (κ2) is 5.12. The van der Waals surface area contributed by atoms with Crippen molar-refractivity contribution in [1.29, 1.82) is 0 Å². The number of hydrogen-bond donors (Lipinski definition) is 1. The van der Waals surface area contributed by atoms with Gasteiger partial charge in [-0.05, 0) is 0 Å². The molecule has 0 saturated carbocycles. The van der Waals surface area contributed by atoms with E-state index < -0.39 is 0 Å². The first-order valence-corrected chi connectivity index (χ1v) is 8.64. The molecule has 0 bridgehead atoms. The number of nitrogens with zero attached hydrogens (tertiary/aromatic N) is 1. The fraction of sp³-hybridized carbons (Fsp3) is 0.0556. The molecule has 21 heavy (non-hydrogen) atoms. The van der Waals surface area contributed by atoms with Crippen LogP contribution in [-0.4, -0.2) is 19.5 Å². The van der Waals surface area contributed by atoms with Crippen LogP contribution >= 0.6 is 0 Å². The Bertz CT molecular complexity index is 926. The molecule has 0 fully saturated rings. The third kappa shape index (κ3) is 2.20. The monoisotopic (exact) mass is 338 g/mol. The summed E-state index contributed by atoms with van der Waals surface area (Å²) in [6, 6.07) is 21.2. The van der Waals surface area contributed by atoms with Crippen LogP contribution in [-0.2, 0) is 6.54 Å². The predicted octanol–water partition coefficient (Wildman–Crippen LogP) is 3.57. The van der Waals surface area contributed by atoms with Crippen LogP contribution in [0.5, 0.6) is 0 Å². The van der Waals surface area contributed by atoms with Gasteiger partial charge in [-0.25, -0.2) is 0 Å². The summed E-state index contributed by atoms with van der Waals surface area (Å²) in [6.07, 6.45) is 0. The predicted molar refractivity (Wildman–Crippen MR) is 89.5 cm³/mol. The van der Waals surface area contributed by atoms with Crippen molar-refractivity contribution >= 4 is 35.1 Å². The SMILES string of the molecule is NCc1ccc2ccc3nc(-c4ccccc4)[se]c3c2c1. The first kappa shape index (κ1) is 12.8. The zero-order chi connectivity index (χ0) is 14.2. The minimum atomic E-state index is 0.253. The Morgan fingerprint density at radius 2 is 1.76 bits per heavy atom. The number of rotatable bonds is 2. The number of nitrogens with two attached hydrogens (primary N) is 1. The summed E-state index contributed by atoms with van der Waals surface area (Å²) >= 11 is 0.253. The fourth-order valence-electron chi connectivity index (χ4n) is 2.58. The van der Waals surface area contributed by atoms with E-state index in [-0.39, 0.29) is 14.5 Å². The zero-order valence-corrected chi connectivity index (χ0v) is 13.1. The molecule has 0 unspecified atom stereocenters. The molecule has 0 aliphatic heterocycles. The van der Waals surface area contributed by atoms with Crippen LogP contribution in [0.25, 0.3) is 30.7 Å². The first-order valence-electron chi connectivity index (χ1n) is 6.93. The molecule has 0 aliphatic carbocycles. The van der Waals surface area contributed by atoms with E-state index in [1.54, 1.807) is 0 Å². The summed E-state index contributed by atoms with van der Waals surface area (Å²) in [5.41, 5.74) is 9.32. The molecule has 0 amide bonds. The van der Waals surface area contributed by atoms with Gasteiger partial charge < -0.3 is 0 Å². The molecule has 4 rings (SSSR count). The van der Waals surface area contributed by atoms with E-state index in [9.17, 15) is 0 Å². The van der Waals surface area contributed by atoms with Crippen LogP contribution < -0.4 is 5.73 Å². The van der Waals surface area contributed by atoms with E-state index in [0.29, 0.717) is 6.54 Å². The maximum absolute atomic E-state index is 5.78. The summed E-state index contributed by atoms with van der Waals surface area (Å²) < 4.78 is 2.60. The van der Waals surface area contributed by atoms with Gasteiger partial charge in [0.15, 0.2) is 0 Å². The Morgan fingerprint density at radius 1 is 0.952 bits per heavy atom. The quantitative estimate of drug-likeness (QED) is 0.568. The number of fused-ring (bicyclic) bond motifs is 3. The van der Waals surface area contributed by atoms with Crippen molar-refractivity contribution in [1.82, 2.24) is 4.98 Å². The normalized spacial score (nSPS) is 11.3. The number of hydrogen-bond acceptors (Lipinski definition) is 2. The zero-order valence-electron chi connectivity index (χ0n) is 11.4. The van der Waals surface area contributed by atoms with E-state index in [2.05, 4.69) is 54.6 Å². The van der Waals surface area contributed by atoms with Gasteiger partial charge in [0.1, 0.15) is 0 Å². The van der Waals surface area contributed by atoms with Gasteiger partial charge in [0, 0.05) is 0 Å². The van der Waals surface area contributed by atoms with Crippen LogP contribution in [0.15, 0.2) is 60.7 Å². The second-order valence-electron chi connectivity index (χ2n) is 5.06. The molecule has 1 aromatic heterocycles. The Kier molecular flexibility index (Phi) is 3.12. The van der Waals surface area contributed by atoms with Crippen molar-refractivity contribution in [3.05, 3.63) is 66.2 Å². The molecule has 0 atom stereocenters. The van der Waals surface area contributed by atoms with Crippen LogP contribution in [0.3, 0.4) is 0 Å². The van der Waals surface area contributed by atoms with Gasteiger partial charge in [0.05, 0.1) is 0 Å². The van der Waals surface area contributed by atoms with Crippen molar-refractivity contribution in [2.24, 2.45) is 5.73 Å². The van der Waals surface area contributed by atoms with Crippen LogP contribution in [0, 0.1) is 0 Å². The molecule has 0 aliphatic rings. The third-order valence-corrected chi connectivity index (χ3v) is 6.11. The molecule has 0 radical (unpaired) electrons. The van der Waals surface area contributed by atoms with Gasteiger partial charge in [-0.15, -0.1) is 0 Å². The van der Waals surface area contributed by atoms with Crippen LogP contribution in [0.4, 0.5) is 0 Å². The molecular formula is C18H14N2Se. The molecule has 0 saturated heterocycles. The van der Waals surface area contributed by atoms with Crippen LogP contribution in [0.2, 0.25) is 0 Å². The van der Waals surface area contributed by atoms with Gasteiger partial charge in [0.2, 0.25) is 0 Å². The molecule has 102 valence electrons. The van der Waals surface area contributed by atoms with Crippen molar-refractivity contribution < 1.29 is 0 Å². The molecular weight excluding hydrogens is 323 g/mol. The Morgan fingerprint density at radius 3 is 2.57 bits per heavy atom. The van der Waals surface area contributed by atoms with E-state index in [1.807, 2.05) is 6.07 Å². The van der Waals surface area contributed by atoms with Crippen molar-refractivity contribution in [3.63, 3.8) is 0 Å². The molecule has 4 aromatic rings. The van der Waals surface area contributed by atoms with Gasteiger partial charge in [-0.1, -0.05) is 0 Å². The number of aromatic nitrogens is 1. The summed E-state index contributed by atoms with van der Waals surface area (Å²) in [5.74, 6) is 0. The summed E-state index contributed by atoms with van der Waals surface area (Å²) in [6.45, 7) is 0.582. The molecule has 2 N–H and O–H groups in total. The van der Waals surface area contributed by atoms with E-state index in [4.69, 9.17) is 10.7 Å². The van der Waals surface area contributed by atoms with Gasteiger partial charge in [-0.3, -0.25) is 0 Å². The van der Waals surface area contributed by atoms with Crippen LogP contribution in [0.1, 0.15) is 5.56 Å². The number of benzene rings is 3. The van der Waals surface area contributed by atoms with Crippen molar-refractivity contribution in [3.8, 4) is 10.1 Å². The van der Waals surface area contributed by atoms with E-state index in [0.717, 1.165) is 5.52 Å². The second-order valence-corrected chi connectivity index (χ2v) is 7.15. The average Bonchev–Trinajstić information content (AvgIpc) is 3.00. The Hall–Kier alpha value is -1.93. The van der Waals surface area contributed by atoms with Gasteiger partial charge in [0.25, 0.3) is 0 Å². The average molecular weight is 337 g/mol. The van der Waals surface area contributed by atoms with E-state index >= 15 is 0 Å². The topological polar surface area (TPSA) is 38.9 Å². The fourth-order valence-corrected chi connectivity index (χ4v) is 4.88. The molecule has 0 spiro atoms. The summed E-state index contributed by atoms with van der Waals surface area (Å²) in [7, 11) is 0. The first-order chi connectivity index (χ1) is 10.3. The Balaban J connectivity index is 2.00. The van der Waals surface area contributed by atoms with Gasteiger partial charge >= 0.3 is 129 Å². The summed E-state index contributed by atoms with van der Waals surface area (Å²) in [4.78, 5) is 4.84. The third-order valence-electron chi connectivity index (χ3n) is 3.69. The van der Waals surface area contributed by atoms with E-state index in [1.165, 1.54) is 30.7 Å². The Labute approximate surface area is 129 Å². The minimum absolute atomic E-state index is 0.253. The molecule has 3 aromatic carbocycles. The summed E-state index contributed by atoms with van der Waals surface area (Å²) in [5, 5.41) is 2.59. The molecule has 3 heteroatoms. The van der Waals surface area contributed by atoms with Gasteiger partial charge in [-0.2, -0.15) is 0 Å². The maximum atomic E-state index is 5.78. The standard InChI is InChI=1S/C18H14N2Se/c19-11-12-6-7-13-8-9-16-17(15(13)10-12)21-18(20-16)14-4-2-1-3-5-14/h1-10H,11,19H2. The molecule has 2 nitrogen and oxygen atoms in total.